The van der Waals surface area contributed by atoms with E-state index in [1.165, 1.54) is 6.42 Å². The van der Waals surface area contributed by atoms with Gasteiger partial charge in [-0.25, -0.2) is 0 Å². The summed E-state index contributed by atoms with van der Waals surface area (Å²) in [7, 11) is 0. The molecular weight excluding hydrogens is 241 g/mol. The van der Waals surface area contributed by atoms with Crippen molar-refractivity contribution >= 4 is 5.97 Å². The topological polar surface area (TPSA) is 37.3 Å². The van der Waals surface area contributed by atoms with Gasteiger partial charge in [-0.15, -0.1) is 6.42 Å². The van der Waals surface area contributed by atoms with Gasteiger partial charge in [0.15, 0.2) is 5.97 Å². The van der Waals surface area contributed by atoms with Crippen LogP contribution in [-0.4, -0.2) is 11.1 Å². The summed E-state index contributed by atoms with van der Waals surface area (Å²) < 4.78 is 0. The van der Waals surface area contributed by atoms with Crippen molar-refractivity contribution in [2.24, 2.45) is 0 Å². The van der Waals surface area contributed by atoms with Crippen molar-refractivity contribution in [3.05, 3.63) is 49.7 Å². The van der Waals surface area contributed by atoms with E-state index in [-0.39, 0.29) is 40.1 Å². The zero-order valence-corrected chi connectivity index (χ0v) is 10.4. The van der Waals surface area contributed by atoms with Gasteiger partial charge in [0.1, 0.15) is 0 Å². The second kappa shape index (κ2) is 8.27. The molecule has 0 saturated carbocycles. The Labute approximate surface area is 104 Å². The van der Waals surface area contributed by atoms with Crippen LogP contribution in [0.15, 0.2) is 30.3 Å². The first-order valence-electron chi connectivity index (χ1n) is 3.39. The summed E-state index contributed by atoms with van der Waals surface area (Å²) in [6.45, 7) is 0. The smallest absolute Gasteiger partial charge is 0.164 e. The maximum Gasteiger partial charge on any atom is 0.164 e. The van der Waals surface area contributed by atoms with Gasteiger partial charge in [0.2, 0.25) is 0 Å². The van der Waals surface area contributed by atoms with Gasteiger partial charge in [0, 0.05) is 32.7 Å². The first kappa shape index (κ1) is 15.2. The second-order valence-electron chi connectivity index (χ2n) is 2.23. The molecule has 0 aliphatic rings. The Bertz CT molecular complexity index is 234. The Morgan fingerprint density at radius 1 is 1.31 bits per heavy atom. The molecule has 0 amide bonds. The molecule has 1 aromatic carbocycles. The molecule has 0 fully saturated rings. The predicted octanol–water partition coefficient (Wildman–Crippen LogP) is 1.97. The predicted molar refractivity (Wildman–Crippen MR) is 48.5 cm³/mol. The number of hydrogen-bond donors (Lipinski definition) is 1. The van der Waals surface area contributed by atoms with Crippen molar-refractivity contribution in [3.8, 4) is 0 Å². The van der Waals surface area contributed by atoms with Gasteiger partial charge in [-0.05, 0) is 0 Å². The van der Waals surface area contributed by atoms with Crippen LogP contribution in [0.3, 0.4) is 0 Å². The molecule has 0 aromatic heterocycles. The number of rotatable bonds is 3. The van der Waals surface area contributed by atoms with Crippen LogP contribution in [-0.2, 0) is 43.9 Å². The molecule has 1 N–H and O–H groups in total. The molecule has 0 aliphatic carbocycles. The maximum absolute atomic E-state index is 10.1. The zero-order valence-electron chi connectivity index (χ0n) is 7.60. The molecule has 0 bridgehead atoms. The van der Waals surface area contributed by atoms with Gasteiger partial charge in [-0.2, -0.15) is 0 Å². The second-order valence-corrected chi connectivity index (χ2v) is 2.23. The van der Waals surface area contributed by atoms with Gasteiger partial charge in [0.25, 0.3) is 0 Å². The van der Waals surface area contributed by atoms with Crippen LogP contribution < -0.4 is 0 Å². The van der Waals surface area contributed by atoms with E-state index in [4.69, 9.17) is 5.11 Å². The molecule has 2 nitrogen and oxygen atoms in total. The summed E-state index contributed by atoms with van der Waals surface area (Å²) in [6, 6.07) is 9.50. The van der Waals surface area contributed by atoms with Crippen molar-refractivity contribution in [3.63, 3.8) is 0 Å². The Balaban J connectivity index is 0. The van der Waals surface area contributed by atoms with Crippen LogP contribution in [0.25, 0.3) is 0 Å². The Kier molecular flexibility index (Phi) is 9.64. The number of carbonyl (C=O) groups is 1. The number of aliphatic carboxylic acids is 1. The van der Waals surface area contributed by atoms with Crippen molar-refractivity contribution in [2.45, 2.75) is 6.42 Å². The van der Waals surface area contributed by atoms with E-state index in [1.807, 2.05) is 30.3 Å². The van der Waals surface area contributed by atoms with Crippen molar-refractivity contribution in [1.82, 2.24) is 0 Å². The monoisotopic (exact) mass is 253 g/mol. The Morgan fingerprint density at radius 3 is 2.31 bits per heavy atom. The maximum atomic E-state index is 10.1. The van der Waals surface area contributed by atoms with Crippen LogP contribution in [0.4, 0.5) is 0 Å². The average Bonchev–Trinajstić information content (AvgIpc) is 2.03. The molecule has 0 aliphatic heterocycles. The van der Waals surface area contributed by atoms with Crippen molar-refractivity contribution < 1.29 is 42.6 Å². The van der Waals surface area contributed by atoms with Crippen LogP contribution in [0, 0.1) is 13.8 Å². The average molecular weight is 253 g/mol. The van der Waals surface area contributed by atoms with E-state index in [1.54, 1.807) is 0 Å². The van der Waals surface area contributed by atoms with Crippen LogP contribution in [0.1, 0.15) is 5.56 Å². The molecule has 0 atom stereocenters. The fourth-order valence-corrected chi connectivity index (χ4v) is 0.819. The van der Waals surface area contributed by atoms with Gasteiger partial charge in [-0.1, -0.05) is 35.9 Å². The van der Waals surface area contributed by atoms with Gasteiger partial charge in [0.05, 0.1) is 0 Å². The molecule has 1 rings (SSSR count). The Hall–Kier alpha value is -0.336. The molecule has 1 radical (unpaired) electrons. The molecule has 0 saturated heterocycles. The largest absolute Gasteiger partial charge is 0.503 e. The van der Waals surface area contributed by atoms with Gasteiger partial charge < -0.3 is 12.5 Å². The normalized spacial score (nSPS) is 7.69. The zero-order chi connectivity index (χ0) is 8.10. The number of benzene rings is 1. The minimum absolute atomic E-state index is 0. The molecular formula is C10H12O2Y-2. The molecule has 0 unspecified atom stereocenters. The minimum Gasteiger partial charge on any atom is -0.503 e. The molecule has 13 heavy (non-hydrogen) atoms. The molecule has 0 heterocycles. The molecule has 69 valence electrons. The third-order valence-corrected chi connectivity index (χ3v) is 1.36. The summed E-state index contributed by atoms with van der Waals surface area (Å²) in [4.78, 5) is 10.1. The first-order chi connectivity index (χ1) is 5.29. The summed E-state index contributed by atoms with van der Waals surface area (Å²) in [5.74, 6) is -0.867. The standard InChI is InChI=1S/C9H9O2.CH3.Y/c10-9(11)7-6-8-4-2-1-3-5-8;;/h1-5,7H,6H2,(H,10,11);1H3;/q2*-1;. The van der Waals surface area contributed by atoms with Crippen LogP contribution in [0.2, 0.25) is 0 Å². The summed E-state index contributed by atoms with van der Waals surface area (Å²) in [6.07, 6.45) is 1.74. The summed E-state index contributed by atoms with van der Waals surface area (Å²) >= 11 is 0. The van der Waals surface area contributed by atoms with E-state index in [0.29, 0.717) is 6.42 Å². The number of carboxylic acid groups (broad SMARTS) is 1. The van der Waals surface area contributed by atoms with Crippen LogP contribution in [0.5, 0.6) is 0 Å². The van der Waals surface area contributed by atoms with E-state index in [0.717, 1.165) is 5.56 Å². The fraction of sp³-hybridized carbons (Fsp3) is 0.100. The minimum atomic E-state index is -0.867. The van der Waals surface area contributed by atoms with E-state index < -0.39 is 5.97 Å². The van der Waals surface area contributed by atoms with E-state index in [9.17, 15) is 4.79 Å². The van der Waals surface area contributed by atoms with Gasteiger partial charge >= 0.3 is 0 Å². The SMILES string of the molecule is O=C(O)[CH-]Cc1ccccc1.[CH3-].[Y]. The van der Waals surface area contributed by atoms with E-state index in [2.05, 4.69) is 0 Å². The van der Waals surface area contributed by atoms with Crippen molar-refractivity contribution in [2.75, 3.05) is 0 Å². The first-order valence-corrected chi connectivity index (χ1v) is 3.39. The van der Waals surface area contributed by atoms with Crippen LogP contribution >= 0.6 is 0 Å². The number of hydrogen-bond acceptors (Lipinski definition) is 1. The molecule has 3 heteroatoms. The summed E-state index contributed by atoms with van der Waals surface area (Å²) in [5, 5.41) is 8.32. The fourth-order valence-electron chi connectivity index (χ4n) is 0.819. The molecule has 0 spiro atoms. The Morgan fingerprint density at radius 2 is 1.85 bits per heavy atom. The van der Waals surface area contributed by atoms with E-state index >= 15 is 0 Å². The van der Waals surface area contributed by atoms with Crippen molar-refractivity contribution in [1.29, 1.82) is 0 Å². The third kappa shape index (κ3) is 6.79. The third-order valence-electron chi connectivity index (χ3n) is 1.36. The quantitative estimate of drug-likeness (QED) is 0.836. The summed E-state index contributed by atoms with van der Waals surface area (Å²) in [5.41, 5.74) is 1.02. The molecule has 1 aromatic rings. The van der Waals surface area contributed by atoms with Gasteiger partial charge in [-0.3, -0.25) is 11.2 Å². The number of carboxylic acids is 1.